The Labute approximate surface area is 245 Å². The number of carbonyl (C=O) groups excluding carboxylic acids is 3. The Hall–Kier alpha value is -4.04. The van der Waals surface area contributed by atoms with E-state index in [1.165, 1.54) is 4.90 Å². The molecule has 1 aliphatic rings. The number of nitrogens with zero attached hydrogens (tertiary/aromatic N) is 1. The van der Waals surface area contributed by atoms with Gasteiger partial charge in [0.2, 0.25) is 5.91 Å². The van der Waals surface area contributed by atoms with Crippen LogP contribution in [0.3, 0.4) is 0 Å². The summed E-state index contributed by atoms with van der Waals surface area (Å²) in [5, 5.41) is 3.18. The van der Waals surface area contributed by atoms with Gasteiger partial charge in [-0.2, -0.15) is 0 Å². The number of rotatable bonds is 10. The van der Waals surface area contributed by atoms with Crippen LogP contribution in [0.15, 0.2) is 72.8 Å². The number of hydrogen-bond acceptors (Lipinski definition) is 5. The van der Waals surface area contributed by atoms with Crippen molar-refractivity contribution in [3.63, 3.8) is 0 Å². The van der Waals surface area contributed by atoms with Crippen molar-refractivity contribution in [2.45, 2.75) is 57.7 Å². The lowest BCUT2D eigenvalue weighted by Crippen LogP contribution is -2.48. The van der Waals surface area contributed by atoms with Gasteiger partial charge in [0.1, 0.15) is 18.2 Å². The highest BCUT2D eigenvalue weighted by molar-refractivity contribution is 6.30. The summed E-state index contributed by atoms with van der Waals surface area (Å²) in [6, 6.07) is 22.2. The van der Waals surface area contributed by atoms with Gasteiger partial charge in [0.25, 0.3) is 0 Å². The molecule has 9 heteroatoms. The number of primary amides is 1. The van der Waals surface area contributed by atoms with E-state index in [9.17, 15) is 14.4 Å². The highest BCUT2D eigenvalue weighted by Gasteiger charge is 2.33. The minimum Gasteiger partial charge on any atom is -0.448 e. The van der Waals surface area contributed by atoms with E-state index >= 15 is 0 Å². The molecular formula is C32H36ClN3O5. The predicted octanol–water partition coefficient (Wildman–Crippen LogP) is 6.25. The molecule has 0 bridgehead atoms. The Kier molecular flexibility index (Phi) is 9.55. The molecule has 3 amide bonds. The van der Waals surface area contributed by atoms with Crippen LogP contribution in [-0.2, 0) is 20.8 Å². The zero-order valence-corrected chi connectivity index (χ0v) is 24.3. The van der Waals surface area contributed by atoms with Crippen LogP contribution < -0.4 is 11.1 Å². The number of hydrogen-bond donors (Lipinski definition) is 2. The highest BCUT2D eigenvalue weighted by atomic mass is 35.5. The monoisotopic (exact) mass is 577 g/mol. The van der Waals surface area contributed by atoms with Crippen LogP contribution in [0.2, 0.25) is 5.02 Å². The van der Waals surface area contributed by atoms with Gasteiger partial charge in [0, 0.05) is 24.0 Å². The van der Waals surface area contributed by atoms with Crippen LogP contribution in [0, 0.1) is 0 Å². The Morgan fingerprint density at radius 2 is 1.61 bits per heavy atom. The Morgan fingerprint density at radius 3 is 2.20 bits per heavy atom. The lowest BCUT2D eigenvalue weighted by molar-refractivity contribution is -0.123. The van der Waals surface area contributed by atoms with Crippen LogP contribution in [0.1, 0.15) is 56.2 Å². The van der Waals surface area contributed by atoms with E-state index in [1.807, 2.05) is 42.5 Å². The van der Waals surface area contributed by atoms with Crippen LogP contribution in [-0.4, -0.2) is 47.8 Å². The van der Waals surface area contributed by atoms with Crippen molar-refractivity contribution >= 4 is 29.7 Å². The molecule has 0 fully saturated rings. The highest BCUT2D eigenvalue weighted by Crippen LogP contribution is 2.44. The fourth-order valence-electron chi connectivity index (χ4n) is 5.06. The third-order valence-corrected chi connectivity index (χ3v) is 7.07. The van der Waals surface area contributed by atoms with Crippen molar-refractivity contribution in [1.29, 1.82) is 0 Å². The number of halogens is 1. The second kappa shape index (κ2) is 13.1. The normalized spacial score (nSPS) is 13.1. The van der Waals surface area contributed by atoms with Crippen molar-refractivity contribution in [1.82, 2.24) is 10.2 Å². The van der Waals surface area contributed by atoms with Gasteiger partial charge in [-0.05, 0) is 73.6 Å². The average molecular weight is 578 g/mol. The summed E-state index contributed by atoms with van der Waals surface area (Å²) < 4.78 is 11.2. The molecule has 0 spiro atoms. The smallest absolute Gasteiger partial charge is 0.410 e. The molecule has 8 nitrogen and oxygen atoms in total. The van der Waals surface area contributed by atoms with Gasteiger partial charge >= 0.3 is 12.2 Å². The Bertz CT molecular complexity index is 1360. The quantitative estimate of drug-likeness (QED) is 0.277. The third kappa shape index (κ3) is 7.79. The second-order valence-corrected chi connectivity index (χ2v) is 11.5. The average Bonchev–Trinajstić information content (AvgIpc) is 3.23. The van der Waals surface area contributed by atoms with Gasteiger partial charge in [-0.1, -0.05) is 72.3 Å². The molecule has 1 atom stereocenters. The maximum Gasteiger partial charge on any atom is 0.410 e. The van der Waals surface area contributed by atoms with Gasteiger partial charge in [-0.25, -0.2) is 9.59 Å². The fraction of sp³-hybridized carbons (Fsp3) is 0.344. The third-order valence-electron chi connectivity index (χ3n) is 6.84. The number of nitrogens with one attached hydrogen (secondary N) is 1. The van der Waals surface area contributed by atoms with Gasteiger partial charge < -0.3 is 20.5 Å². The zero-order chi connectivity index (χ0) is 29.6. The largest absolute Gasteiger partial charge is 0.448 e. The summed E-state index contributed by atoms with van der Waals surface area (Å²) in [5.41, 5.74) is 10.3. The first-order chi connectivity index (χ1) is 19.5. The number of ether oxygens (including phenoxy) is 2. The first-order valence-corrected chi connectivity index (χ1v) is 14.0. The summed E-state index contributed by atoms with van der Waals surface area (Å²) >= 11 is 6.19. The number of carbonyl (C=O) groups is 3. The molecular weight excluding hydrogens is 542 g/mol. The molecule has 1 aliphatic carbocycles. The summed E-state index contributed by atoms with van der Waals surface area (Å²) in [5.74, 6) is -0.803. The maximum absolute atomic E-state index is 13.6. The Morgan fingerprint density at radius 1 is 0.976 bits per heavy atom. The zero-order valence-electron chi connectivity index (χ0n) is 23.6. The van der Waals surface area contributed by atoms with Crippen LogP contribution in [0.5, 0.6) is 0 Å². The number of alkyl carbamates (subject to hydrolysis) is 1. The molecule has 0 heterocycles. The standard InChI is InChI=1S/C32H36ClN3O5/c1-32(2,3)41-30(38)35-17-9-16-28(29(34)37)36(19-21-10-8-11-22(33)18-21)31(39)40-20-27-25-14-6-4-12-23(25)24-13-5-7-15-26(24)27/h4-8,10-15,18,27-28H,9,16-17,19-20H2,1-3H3,(H2,34,37)(H,35,38)/t28-/m0/s1. The van der Waals surface area contributed by atoms with E-state index in [1.54, 1.807) is 39.0 Å². The molecule has 3 N–H and O–H groups in total. The molecule has 0 saturated carbocycles. The first-order valence-electron chi connectivity index (χ1n) is 13.7. The molecule has 0 radical (unpaired) electrons. The predicted molar refractivity (Wildman–Crippen MR) is 159 cm³/mol. The van der Waals surface area contributed by atoms with Gasteiger partial charge in [0.15, 0.2) is 0 Å². The molecule has 0 saturated heterocycles. The van der Waals surface area contributed by atoms with E-state index in [0.29, 0.717) is 11.4 Å². The fourth-order valence-corrected chi connectivity index (χ4v) is 5.28. The van der Waals surface area contributed by atoms with Crippen LogP contribution in [0.4, 0.5) is 9.59 Å². The van der Waals surface area contributed by atoms with Gasteiger partial charge in [0.05, 0.1) is 0 Å². The van der Waals surface area contributed by atoms with E-state index in [-0.39, 0.29) is 32.0 Å². The molecule has 4 rings (SSSR count). The van der Waals surface area contributed by atoms with E-state index < -0.39 is 29.7 Å². The molecule has 3 aromatic carbocycles. The number of nitrogens with two attached hydrogens (primary N) is 1. The topological polar surface area (TPSA) is 111 Å². The number of amides is 3. The molecule has 0 unspecified atom stereocenters. The van der Waals surface area contributed by atoms with Crippen molar-refractivity contribution in [3.8, 4) is 11.1 Å². The van der Waals surface area contributed by atoms with E-state index in [0.717, 1.165) is 27.8 Å². The molecule has 3 aromatic rings. The van der Waals surface area contributed by atoms with E-state index in [2.05, 4.69) is 17.4 Å². The minimum atomic E-state index is -0.968. The van der Waals surface area contributed by atoms with Crippen LogP contribution >= 0.6 is 11.6 Å². The van der Waals surface area contributed by atoms with Crippen molar-refractivity contribution in [3.05, 3.63) is 94.5 Å². The molecule has 41 heavy (non-hydrogen) atoms. The summed E-state index contributed by atoms with van der Waals surface area (Å²) in [7, 11) is 0. The summed E-state index contributed by atoms with van der Waals surface area (Å²) in [6.07, 6.45) is -0.609. The number of fused-ring (bicyclic) bond motifs is 3. The van der Waals surface area contributed by atoms with Crippen molar-refractivity contribution < 1.29 is 23.9 Å². The number of benzene rings is 3. The SMILES string of the molecule is CC(C)(C)OC(=O)NCCC[C@@H](C(N)=O)N(Cc1cccc(Cl)c1)C(=O)OCC1c2ccccc2-c2ccccc21. The summed E-state index contributed by atoms with van der Waals surface area (Å²) in [6.45, 7) is 5.75. The van der Waals surface area contributed by atoms with Crippen LogP contribution in [0.25, 0.3) is 11.1 Å². The molecule has 0 aliphatic heterocycles. The van der Waals surface area contributed by atoms with Gasteiger partial charge in [-0.3, -0.25) is 9.69 Å². The van der Waals surface area contributed by atoms with Crippen molar-refractivity contribution in [2.24, 2.45) is 5.73 Å². The second-order valence-electron chi connectivity index (χ2n) is 11.1. The summed E-state index contributed by atoms with van der Waals surface area (Å²) in [4.78, 5) is 39.6. The molecule has 0 aromatic heterocycles. The Balaban J connectivity index is 1.49. The molecule has 216 valence electrons. The first kappa shape index (κ1) is 29.9. The lowest BCUT2D eigenvalue weighted by Gasteiger charge is -2.30. The van der Waals surface area contributed by atoms with E-state index in [4.69, 9.17) is 26.8 Å². The minimum absolute atomic E-state index is 0.0737. The lowest BCUT2D eigenvalue weighted by atomic mass is 9.98. The van der Waals surface area contributed by atoms with Crippen molar-refractivity contribution in [2.75, 3.05) is 13.2 Å². The maximum atomic E-state index is 13.6. The van der Waals surface area contributed by atoms with Gasteiger partial charge in [-0.15, -0.1) is 0 Å².